The Bertz CT molecular complexity index is 1030. The molecule has 140 valence electrons. The minimum Gasteiger partial charge on any atom is -0.493 e. The van der Waals surface area contributed by atoms with Crippen molar-refractivity contribution in [3.8, 4) is 5.75 Å². The van der Waals surface area contributed by atoms with Crippen LogP contribution in [0.1, 0.15) is 19.4 Å². The number of benzene rings is 2. The summed E-state index contributed by atoms with van der Waals surface area (Å²) in [7, 11) is 0. The number of fused-ring (bicyclic) bond motifs is 1. The molecule has 8 nitrogen and oxygen atoms in total. The van der Waals surface area contributed by atoms with Crippen molar-refractivity contribution in [1.29, 1.82) is 0 Å². The summed E-state index contributed by atoms with van der Waals surface area (Å²) in [5.74, 6) is 1.12. The molecule has 3 rings (SSSR count). The number of nitrogens with zero attached hydrogens (tertiary/aromatic N) is 2. The highest BCUT2D eigenvalue weighted by atomic mass is 16.6. The number of para-hydroxylation sites is 1. The van der Waals surface area contributed by atoms with E-state index in [4.69, 9.17) is 4.74 Å². The molecule has 0 unspecified atom stereocenters. The van der Waals surface area contributed by atoms with Crippen molar-refractivity contribution in [3.63, 3.8) is 0 Å². The summed E-state index contributed by atoms with van der Waals surface area (Å²) >= 11 is 0. The van der Waals surface area contributed by atoms with Crippen LogP contribution in [0.3, 0.4) is 0 Å². The smallest absolute Gasteiger partial charge is 0.293 e. The summed E-state index contributed by atoms with van der Waals surface area (Å²) in [6.45, 7) is 5.05. The zero-order valence-electron chi connectivity index (χ0n) is 15.1. The maximum Gasteiger partial charge on any atom is 0.293 e. The molecule has 0 amide bonds. The van der Waals surface area contributed by atoms with Gasteiger partial charge in [0.15, 0.2) is 0 Å². The molecule has 3 aromatic rings. The van der Waals surface area contributed by atoms with Crippen LogP contribution in [0.25, 0.3) is 10.9 Å². The third kappa shape index (κ3) is 4.22. The highest BCUT2D eigenvalue weighted by Gasteiger charge is 2.17. The Morgan fingerprint density at radius 1 is 1.30 bits per heavy atom. The molecule has 2 aromatic carbocycles. The molecule has 0 saturated heterocycles. The fraction of sp³-hybridized carbons (Fsp3) is 0.263. The van der Waals surface area contributed by atoms with Crippen LogP contribution < -0.4 is 15.6 Å². The van der Waals surface area contributed by atoms with Gasteiger partial charge in [0.05, 0.1) is 28.8 Å². The van der Waals surface area contributed by atoms with E-state index in [9.17, 15) is 14.9 Å². The van der Waals surface area contributed by atoms with Gasteiger partial charge < -0.3 is 15.0 Å². The molecule has 2 N–H and O–H groups in total. The number of nitrogens with one attached hydrogen (secondary N) is 2. The van der Waals surface area contributed by atoms with Gasteiger partial charge in [0, 0.05) is 18.2 Å². The molecule has 0 aliphatic carbocycles. The van der Waals surface area contributed by atoms with Gasteiger partial charge in [0.25, 0.3) is 11.2 Å². The number of nitro benzene ring substituents is 1. The molecule has 1 heterocycles. The van der Waals surface area contributed by atoms with Crippen LogP contribution in [0.2, 0.25) is 0 Å². The standard InChI is InChI=1S/C19H20N4O4/c1-12(2)10-27-18-6-4-3-5-13(18)9-20-16-8-15-14(7-17(16)23(25)26)19(24)22-11-21-15/h3-8,11-12,20H,9-10H2,1-2H3,(H,21,22,24). The van der Waals surface area contributed by atoms with Crippen molar-refractivity contribution < 1.29 is 9.66 Å². The Morgan fingerprint density at radius 3 is 2.81 bits per heavy atom. The Labute approximate surface area is 155 Å². The second-order valence-corrected chi connectivity index (χ2v) is 6.54. The van der Waals surface area contributed by atoms with E-state index in [1.165, 1.54) is 18.5 Å². The van der Waals surface area contributed by atoms with Crippen LogP contribution in [-0.2, 0) is 6.54 Å². The lowest BCUT2D eigenvalue weighted by Gasteiger charge is -2.14. The van der Waals surface area contributed by atoms with E-state index < -0.39 is 10.5 Å². The summed E-state index contributed by atoms with van der Waals surface area (Å²) in [5.41, 5.74) is 0.968. The van der Waals surface area contributed by atoms with Gasteiger partial charge in [0.1, 0.15) is 11.4 Å². The number of ether oxygens (including phenoxy) is 1. The Hall–Kier alpha value is -3.42. The van der Waals surface area contributed by atoms with Crippen LogP contribution in [-0.4, -0.2) is 21.5 Å². The van der Waals surface area contributed by atoms with Crippen LogP contribution >= 0.6 is 0 Å². The van der Waals surface area contributed by atoms with Crippen molar-refractivity contribution in [2.45, 2.75) is 20.4 Å². The number of rotatable bonds is 7. The van der Waals surface area contributed by atoms with Crippen molar-refractivity contribution >= 4 is 22.3 Å². The third-order valence-corrected chi connectivity index (χ3v) is 3.97. The first-order valence-corrected chi connectivity index (χ1v) is 8.56. The van der Waals surface area contributed by atoms with Gasteiger partial charge in [-0.25, -0.2) is 4.98 Å². The summed E-state index contributed by atoms with van der Waals surface area (Å²) < 4.78 is 5.82. The van der Waals surface area contributed by atoms with Crippen LogP contribution in [0.4, 0.5) is 11.4 Å². The van der Waals surface area contributed by atoms with Crippen molar-refractivity contribution in [1.82, 2.24) is 9.97 Å². The minimum absolute atomic E-state index is 0.176. The lowest BCUT2D eigenvalue weighted by molar-refractivity contribution is -0.383. The lowest BCUT2D eigenvalue weighted by atomic mass is 10.1. The summed E-state index contributed by atoms with van der Waals surface area (Å²) in [5, 5.41) is 14.7. The average molecular weight is 368 g/mol. The monoisotopic (exact) mass is 368 g/mol. The average Bonchev–Trinajstić information content (AvgIpc) is 2.64. The van der Waals surface area contributed by atoms with Gasteiger partial charge in [0.2, 0.25) is 0 Å². The van der Waals surface area contributed by atoms with E-state index >= 15 is 0 Å². The molecular weight excluding hydrogens is 348 g/mol. The number of aromatic nitrogens is 2. The van der Waals surface area contributed by atoms with Crippen molar-refractivity contribution in [2.24, 2.45) is 5.92 Å². The topological polar surface area (TPSA) is 110 Å². The SMILES string of the molecule is CC(C)COc1ccccc1CNc1cc2nc[nH]c(=O)c2cc1[N+](=O)[O-]. The first-order valence-electron chi connectivity index (χ1n) is 8.56. The second-order valence-electron chi connectivity index (χ2n) is 6.54. The predicted octanol–water partition coefficient (Wildman–Crippen LogP) is 3.48. The zero-order chi connectivity index (χ0) is 19.4. The molecule has 0 fully saturated rings. The molecular formula is C19H20N4O4. The van der Waals surface area contributed by atoms with E-state index in [-0.39, 0.29) is 11.1 Å². The Morgan fingerprint density at radius 2 is 2.07 bits per heavy atom. The first-order chi connectivity index (χ1) is 13.0. The second kappa shape index (κ2) is 7.86. The van der Waals surface area contributed by atoms with Gasteiger partial charge in [-0.05, 0) is 18.1 Å². The molecule has 0 radical (unpaired) electrons. The zero-order valence-corrected chi connectivity index (χ0v) is 15.1. The predicted molar refractivity (Wildman–Crippen MR) is 103 cm³/mol. The number of hydrogen-bond donors (Lipinski definition) is 2. The maximum atomic E-state index is 11.9. The van der Waals surface area contributed by atoms with Gasteiger partial charge in [-0.1, -0.05) is 32.0 Å². The molecule has 0 saturated carbocycles. The summed E-state index contributed by atoms with van der Waals surface area (Å²) in [4.78, 5) is 29.3. The quantitative estimate of drug-likeness (QED) is 0.488. The van der Waals surface area contributed by atoms with Crippen LogP contribution in [0.15, 0.2) is 47.5 Å². The number of nitro groups is 1. The molecule has 0 atom stereocenters. The first kappa shape index (κ1) is 18.4. The Kier molecular flexibility index (Phi) is 5.35. The lowest BCUT2D eigenvalue weighted by Crippen LogP contribution is -2.10. The molecule has 0 aliphatic rings. The van der Waals surface area contributed by atoms with Crippen LogP contribution in [0.5, 0.6) is 5.75 Å². The van der Waals surface area contributed by atoms with Crippen molar-refractivity contribution in [2.75, 3.05) is 11.9 Å². The third-order valence-electron chi connectivity index (χ3n) is 3.97. The largest absolute Gasteiger partial charge is 0.493 e. The van der Waals surface area contributed by atoms with Crippen LogP contribution in [0, 0.1) is 16.0 Å². The molecule has 1 aromatic heterocycles. The van der Waals surface area contributed by atoms with Gasteiger partial charge in [-0.3, -0.25) is 14.9 Å². The fourth-order valence-electron chi connectivity index (χ4n) is 2.63. The molecule has 0 spiro atoms. The highest BCUT2D eigenvalue weighted by molar-refractivity contribution is 5.86. The molecule has 8 heteroatoms. The van der Waals surface area contributed by atoms with E-state index in [2.05, 4.69) is 29.1 Å². The molecule has 0 aliphatic heterocycles. The number of anilines is 1. The molecule has 27 heavy (non-hydrogen) atoms. The van der Waals surface area contributed by atoms with E-state index in [1.807, 2.05) is 24.3 Å². The van der Waals surface area contributed by atoms with Crippen molar-refractivity contribution in [3.05, 3.63) is 68.8 Å². The number of aromatic amines is 1. The maximum absolute atomic E-state index is 11.9. The number of hydrogen-bond acceptors (Lipinski definition) is 6. The number of H-pyrrole nitrogens is 1. The van der Waals surface area contributed by atoms with E-state index in [1.54, 1.807) is 0 Å². The van der Waals surface area contributed by atoms with Gasteiger partial charge in [-0.2, -0.15) is 0 Å². The van der Waals surface area contributed by atoms with E-state index in [0.717, 1.165) is 11.3 Å². The Balaban J connectivity index is 1.90. The van der Waals surface area contributed by atoms with E-state index in [0.29, 0.717) is 30.3 Å². The van der Waals surface area contributed by atoms with Gasteiger partial charge in [-0.15, -0.1) is 0 Å². The normalized spacial score (nSPS) is 10.9. The van der Waals surface area contributed by atoms with Gasteiger partial charge >= 0.3 is 0 Å². The summed E-state index contributed by atoms with van der Waals surface area (Å²) in [6.07, 6.45) is 1.27. The summed E-state index contributed by atoms with van der Waals surface area (Å²) in [6, 6.07) is 10.3. The minimum atomic E-state index is -0.518. The highest BCUT2D eigenvalue weighted by Crippen LogP contribution is 2.29. The molecule has 0 bridgehead atoms. The fourth-order valence-corrected chi connectivity index (χ4v) is 2.63.